The van der Waals surface area contributed by atoms with Crippen LogP contribution in [0.4, 0.5) is 13.2 Å². The zero-order valence-electron chi connectivity index (χ0n) is 10.2. The molecule has 0 aliphatic heterocycles. The van der Waals surface area contributed by atoms with Crippen LogP contribution in [0.3, 0.4) is 0 Å². The number of hydrogen-bond donors (Lipinski definition) is 0. The van der Waals surface area contributed by atoms with Gasteiger partial charge in [0.2, 0.25) is 0 Å². The van der Waals surface area contributed by atoms with Gasteiger partial charge in [-0.3, -0.25) is 4.79 Å². The second-order valence-electron chi connectivity index (χ2n) is 4.08. The molecule has 1 aromatic rings. The summed E-state index contributed by atoms with van der Waals surface area (Å²) < 4.78 is 38.9. The smallest absolute Gasteiger partial charge is 0.296 e. The van der Waals surface area contributed by atoms with Crippen LogP contribution in [0.25, 0.3) is 0 Å². The third-order valence-electron chi connectivity index (χ3n) is 2.61. The van der Waals surface area contributed by atoms with Gasteiger partial charge in [0.25, 0.3) is 0 Å². The molecule has 0 aliphatic carbocycles. The van der Waals surface area contributed by atoms with Crippen molar-refractivity contribution in [3.8, 4) is 0 Å². The summed E-state index contributed by atoms with van der Waals surface area (Å²) in [6.45, 7) is 2.20. The number of nitrogens with zero attached hydrogens (tertiary/aromatic N) is 3. The number of aldehydes is 1. The molecule has 0 aromatic carbocycles. The van der Waals surface area contributed by atoms with Gasteiger partial charge in [-0.25, -0.2) is 4.68 Å². The number of rotatable bonds is 7. The van der Waals surface area contributed by atoms with Crippen molar-refractivity contribution in [2.45, 2.75) is 51.7 Å². The highest BCUT2D eigenvalue weighted by molar-refractivity contribution is 5.73. The quantitative estimate of drug-likeness (QED) is 0.561. The molecule has 0 radical (unpaired) electrons. The average molecular weight is 263 g/mol. The van der Waals surface area contributed by atoms with Gasteiger partial charge in [0.05, 0.1) is 0 Å². The number of alkyl halides is 3. The molecule has 1 rings (SSSR count). The molecule has 0 N–H and O–H groups in total. The van der Waals surface area contributed by atoms with Crippen LogP contribution in [-0.4, -0.2) is 21.3 Å². The highest BCUT2D eigenvalue weighted by Gasteiger charge is 2.39. The fourth-order valence-electron chi connectivity index (χ4n) is 1.72. The molecule has 0 unspecified atom stereocenters. The lowest BCUT2D eigenvalue weighted by Crippen LogP contribution is -2.16. The standard InChI is InChI=1S/C11H16F3N3O/c1-2-3-4-5-6-7-17-10(11(12,13)14)9(8-18)15-16-17/h8H,2-7H2,1H3. The summed E-state index contributed by atoms with van der Waals surface area (Å²) in [5.41, 5.74) is -1.69. The van der Waals surface area contributed by atoms with Gasteiger partial charge < -0.3 is 0 Å². The summed E-state index contributed by atoms with van der Waals surface area (Å²) in [5.74, 6) is 0. The first-order valence-electron chi connectivity index (χ1n) is 5.96. The maximum atomic E-state index is 12.7. The Morgan fingerprint density at radius 2 is 1.89 bits per heavy atom. The zero-order valence-corrected chi connectivity index (χ0v) is 10.2. The van der Waals surface area contributed by atoms with E-state index in [0.717, 1.165) is 30.4 Å². The fraction of sp³-hybridized carbons (Fsp3) is 0.727. The summed E-state index contributed by atoms with van der Waals surface area (Å²) in [4.78, 5) is 10.5. The lowest BCUT2D eigenvalue weighted by molar-refractivity contribution is -0.144. The van der Waals surface area contributed by atoms with Crippen LogP contribution >= 0.6 is 0 Å². The van der Waals surface area contributed by atoms with Crippen LogP contribution in [0.15, 0.2) is 0 Å². The SMILES string of the molecule is CCCCCCCn1nnc(C=O)c1C(F)(F)F. The van der Waals surface area contributed by atoms with Crippen molar-refractivity contribution < 1.29 is 18.0 Å². The van der Waals surface area contributed by atoms with E-state index in [2.05, 4.69) is 17.2 Å². The Morgan fingerprint density at radius 1 is 1.22 bits per heavy atom. The number of aryl methyl sites for hydroxylation is 1. The van der Waals surface area contributed by atoms with E-state index in [4.69, 9.17) is 0 Å². The van der Waals surface area contributed by atoms with E-state index in [0.29, 0.717) is 6.42 Å². The van der Waals surface area contributed by atoms with E-state index >= 15 is 0 Å². The lowest BCUT2D eigenvalue weighted by Gasteiger charge is -2.09. The first-order chi connectivity index (χ1) is 8.50. The Morgan fingerprint density at radius 3 is 2.44 bits per heavy atom. The molecule has 0 fully saturated rings. The molecule has 7 heteroatoms. The summed E-state index contributed by atoms with van der Waals surface area (Å²) in [6.07, 6.45) is 0.0846. The number of carbonyl (C=O) groups excluding carboxylic acids is 1. The van der Waals surface area contributed by atoms with Crippen LogP contribution in [0.2, 0.25) is 0 Å². The minimum atomic E-state index is -4.59. The fourth-order valence-corrected chi connectivity index (χ4v) is 1.72. The molecular weight excluding hydrogens is 247 g/mol. The Kier molecular flexibility index (Phi) is 5.30. The van der Waals surface area contributed by atoms with Gasteiger partial charge in [-0.2, -0.15) is 13.2 Å². The third-order valence-corrected chi connectivity index (χ3v) is 2.61. The highest BCUT2D eigenvalue weighted by Crippen LogP contribution is 2.30. The highest BCUT2D eigenvalue weighted by atomic mass is 19.4. The summed E-state index contributed by atoms with van der Waals surface area (Å²) in [5, 5.41) is 6.63. The Hall–Kier alpha value is -1.40. The van der Waals surface area contributed by atoms with Crippen molar-refractivity contribution in [3.63, 3.8) is 0 Å². The summed E-state index contributed by atoms with van der Waals surface area (Å²) in [6, 6.07) is 0. The van der Waals surface area contributed by atoms with Gasteiger partial charge in [0.1, 0.15) is 0 Å². The van der Waals surface area contributed by atoms with E-state index in [1.807, 2.05) is 0 Å². The number of hydrogen-bond acceptors (Lipinski definition) is 3. The van der Waals surface area contributed by atoms with Crippen LogP contribution in [0.1, 0.15) is 55.2 Å². The molecule has 0 bridgehead atoms. The van der Waals surface area contributed by atoms with Gasteiger partial charge in [-0.05, 0) is 6.42 Å². The van der Waals surface area contributed by atoms with E-state index in [-0.39, 0.29) is 12.8 Å². The van der Waals surface area contributed by atoms with Gasteiger partial charge >= 0.3 is 6.18 Å². The van der Waals surface area contributed by atoms with Crippen molar-refractivity contribution in [3.05, 3.63) is 11.4 Å². The Labute approximate surface area is 103 Å². The normalized spacial score (nSPS) is 11.8. The lowest BCUT2D eigenvalue weighted by atomic mass is 10.1. The largest absolute Gasteiger partial charge is 0.435 e. The second kappa shape index (κ2) is 6.51. The number of aromatic nitrogens is 3. The molecule has 0 amide bonds. The number of halogens is 3. The molecule has 1 aromatic heterocycles. The monoisotopic (exact) mass is 263 g/mol. The minimum Gasteiger partial charge on any atom is -0.296 e. The maximum Gasteiger partial charge on any atom is 0.435 e. The number of carbonyl (C=O) groups is 1. The van der Waals surface area contributed by atoms with E-state index in [1.165, 1.54) is 0 Å². The molecule has 0 saturated heterocycles. The van der Waals surface area contributed by atoms with Crippen molar-refractivity contribution >= 4 is 6.29 Å². The topological polar surface area (TPSA) is 47.8 Å². The van der Waals surface area contributed by atoms with Crippen LogP contribution in [0.5, 0.6) is 0 Å². The molecule has 18 heavy (non-hydrogen) atoms. The van der Waals surface area contributed by atoms with Gasteiger partial charge in [0, 0.05) is 6.54 Å². The first-order valence-corrected chi connectivity index (χ1v) is 5.96. The average Bonchev–Trinajstić information content (AvgIpc) is 2.71. The molecule has 0 aliphatic rings. The number of unbranched alkanes of at least 4 members (excludes halogenated alkanes) is 4. The van der Waals surface area contributed by atoms with E-state index in [9.17, 15) is 18.0 Å². The Balaban J connectivity index is 2.66. The van der Waals surface area contributed by atoms with Crippen LogP contribution in [-0.2, 0) is 12.7 Å². The predicted octanol–water partition coefficient (Wildman–Crippen LogP) is 3.08. The molecule has 0 spiro atoms. The summed E-state index contributed by atoms with van der Waals surface area (Å²) in [7, 11) is 0. The Bertz CT molecular complexity index is 387. The minimum absolute atomic E-state index is 0.0867. The maximum absolute atomic E-state index is 12.7. The van der Waals surface area contributed by atoms with Crippen LogP contribution in [0, 0.1) is 0 Å². The molecule has 0 atom stereocenters. The molecular formula is C11H16F3N3O. The van der Waals surface area contributed by atoms with Crippen molar-refractivity contribution in [2.75, 3.05) is 0 Å². The molecule has 0 saturated carbocycles. The van der Waals surface area contributed by atoms with Gasteiger partial charge in [0.15, 0.2) is 17.7 Å². The first kappa shape index (κ1) is 14.7. The van der Waals surface area contributed by atoms with E-state index < -0.39 is 17.6 Å². The van der Waals surface area contributed by atoms with Crippen LogP contribution < -0.4 is 0 Å². The molecule has 1 heterocycles. The van der Waals surface area contributed by atoms with Crippen molar-refractivity contribution in [1.82, 2.24) is 15.0 Å². The third kappa shape index (κ3) is 3.82. The van der Waals surface area contributed by atoms with Gasteiger partial charge in [-0.15, -0.1) is 5.10 Å². The zero-order chi connectivity index (χ0) is 13.6. The molecule has 102 valence electrons. The van der Waals surface area contributed by atoms with Gasteiger partial charge in [-0.1, -0.05) is 37.8 Å². The predicted molar refractivity (Wildman–Crippen MR) is 59.2 cm³/mol. The van der Waals surface area contributed by atoms with Crippen molar-refractivity contribution in [1.29, 1.82) is 0 Å². The second-order valence-corrected chi connectivity index (χ2v) is 4.08. The molecule has 4 nitrogen and oxygen atoms in total. The summed E-state index contributed by atoms with van der Waals surface area (Å²) >= 11 is 0. The van der Waals surface area contributed by atoms with Crippen molar-refractivity contribution in [2.24, 2.45) is 0 Å². The van der Waals surface area contributed by atoms with E-state index in [1.54, 1.807) is 0 Å².